The summed E-state index contributed by atoms with van der Waals surface area (Å²) in [5.74, 6) is -6.90. The van der Waals surface area contributed by atoms with E-state index in [9.17, 15) is 19.2 Å². The number of aliphatic carboxylic acids is 4. The van der Waals surface area contributed by atoms with Crippen molar-refractivity contribution in [2.45, 2.75) is 97.7 Å². The van der Waals surface area contributed by atoms with E-state index in [1.165, 1.54) is 0 Å². The maximum Gasteiger partial charge on any atom is 0.335 e. The summed E-state index contributed by atoms with van der Waals surface area (Å²) in [6, 6.07) is 0. The Labute approximate surface area is 311 Å². The fourth-order valence-corrected chi connectivity index (χ4v) is 2.67. The monoisotopic (exact) mass is 832 g/mol. The van der Waals surface area contributed by atoms with Gasteiger partial charge in [-0.2, -0.15) is 0 Å². The predicted octanol–water partition coefficient (Wildman–Crippen LogP) is -14.0. The number of carbonyl (C=O) groups is 4. The quantitative estimate of drug-likeness (QED) is 0.0506. The summed E-state index contributed by atoms with van der Waals surface area (Å²) in [4.78, 5) is 40.4. The summed E-state index contributed by atoms with van der Waals surface area (Å²) < 4.78 is 0. The molecule has 16 atom stereocenters. The second-order valence-electron chi connectivity index (χ2n) is 10.1. The van der Waals surface area contributed by atoms with E-state index in [0.717, 1.165) is 0 Å². The Kier molecular flexibility index (Phi) is 35.2. The van der Waals surface area contributed by atoms with Crippen LogP contribution in [0.4, 0.5) is 0 Å². The van der Waals surface area contributed by atoms with E-state index >= 15 is 0 Å². The van der Waals surface area contributed by atoms with Gasteiger partial charge in [0.2, 0.25) is 0 Å². The molecule has 0 fully saturated rings. The van der Waals surface area contributed by atoms with Gasteiger partial charge in [0.1, 0.15) is 73.2 Å². The van der Waals surface area contributed by atoms with Crippen molar-refractivity contribution in [1.29, 1.82) is 0 Å². The van der Waals surface area contributed by atoms with Gasteiger partial charge in [-0.15, -0.1) is 0 Å². The van der Waals surface area contributed by atoms with Crippen LogP contribution in [0.2, 0.25) is 0 Å². The second-order valence-corrected chi connectivity index (χ2v) is 10.1. The van der Waals surface area contributed by atoms with Crippen LogP contribution in [0.3, 0.4) is 0 Å². The summed E-state index contributed by atoms with van der Waals surface area (Å²) in [5.41, 5.74) is 0. The molecule has 0 saturated heterocycles. The van der Waals surface area contributed by atoms with Crippen molar-refractivity contribution in [3.63, 3.8) is 0 Å². The first-order valence-corrected chi connectivity index (χ1v) is 13.9. The zero-order valence-corrected chi connectivity index (χ0v) is 28.5. The molecule has 0 aliphatic carbocycles. The first kappa shape index (κ1) is 60.1. The largest absolute Gasteiger partial charge is 0.479 e. The smallest absolute Gasteiger partial charge is 0.335 e. The third-order valence-corrected chi connectivity index (χ3v) is 6.03. The molecule has 0 unspecified atom stereocenters. The van der Waals surface area contributed by atoms with Crippen LogP contribution in [0.15, 0.2) is 0 Å². The standard InChI is InChI=1S/4C6H12O7.Ti/c4*7-1-2(8)3(9)4(10)5(11)6(12)13;/h4*2-5,7-11H,1H2,(H,12,13);/t4*2-,3-,4+,5-;/m1111./s1. The molecule has 0 spiro atoms. The van der Waals surface area contributed by atoms with Crippen molar-refractivity contribution in [2.75, 3.05) is 26.4 Å². The van der Waals surface area contributed by atoms with Gasteiger partial charge in [-0.1, -0.05) is 0 Å². The third-order valence-electron chi connectivity index (χ3n) is 6.03. The molecule has 29 heteroatoms. The molecule has 0 aromatic heterocycles. The van der Waals surface area contributed by atoms with E-state index in [1.54, 1.807) is 0 Å². The first-order chi connectivity index (χ1) is 23.7. The fourth-order valence-electron chi connectivity index (χ4n) is 2.67. The van der Waals surface area contributed by atoms with Gasteiger partial charge < -0.3 is 123 Å². The molecule has 0 aliphatic heterocycles. The minimum atomic E-state index is -2.20. The van der Waals surface area contributed by atoms with Gasteiger partial charge in [0.25, 0.3) is 0 Å². The van der Waals surface area contributed by atoms with Crippen LogP contribution in [-0.2, 0) is 40.9 Å². The van der Waals surface area contributed by atoms with Crippen LogP contribution < -0.4 is 0 Å². The Morgan fingerprint density at radius 3 is 0.472 bits per heavy atom. The van der Waals surface area contributed by atoms with Gasteiger partial charge in [0.15, 0.2) is 24.4 Å². The molecule has 28 nitrogen and oxygen atoms in total. The number of carboxylic acids is 4. The van der Waals surface area contributed by atoms with Crippen molar-refractivity contribution in [1.82, 2.24) is 0 Å². The van der Waals surface area contributed by atoms with Gasteiger partial charge in [-0.25, -0.2) is 19.2 Å². The van der Waals surface area contributed by atoms with E-state index in [-0.39, 0.29) is 21.7 Å². The summed E-state index contributed by atoms with van der Waals surface area (Å²) >= 11 is 0. The van der Waals surface area contributed by atoms with Gasteiger partial charge in [0.05, 0.1) is 26.4 Å². The van der Waals surface area contributed by atoms with Crippen LogP contribution in [0.1, 0.15) is 0 Å². The average Bonchev–Trinajstić information content (AvgIpc) is 3.12. The molecule has 0 aromatic carbocycles. The molecular weight excluding hydrogens is 784 g/mol. The second kappa shape index (κ2) is 31.0. The number of rotatable bonds is 20. The molecular formula is C24H48O28Ti. The van der Waals surface area contributed by atoms with Crippen molar-refractivity contribution in [2.24, 2.45) is 0 Å². The Morgan fingerprint density at radius 2 is 0.396 bits per heavy atom. The van der Waals surface area contributed by atoms with Crippen LogP contribution in [0.5, 0.6) is 0 Å². The van der Waals surface area contributed by atoms with E-state index in [1.807, 2.05) is 0 Å². The number of hydrogen-bond acceptors (Lipinski definition) is 24. The number of aliphatic hydroxyl groups excluding tert-OH is 20. The molecule has 316 valence electrons. The normalized spacial score (nSPS) is 20.0. The fraction of sp³-hybridized carbons (Fsp3) is 0.833. The van der Waals surface area contributed by atoms with Crippen molar-refractivity contribution >= 4 is 23.9 Å². The molecule has 0 bridgehead atoms. The topological polar surface area (TPSA) is 554 Å². The number of aliphatic hydroxyl groups is 20. The Bertz CT molecular complexity index is 841. The number of carboxylic acid groups (broad SMARTS) is 4. The Morgan fingerprint density at radius 1 is 0.283 bits per heavy atom. The molecule has 0 aliphatic rings. The summed E-state index contributed by atoms with van der Waals surface area (Å²) in [7, 11) is 0. The van der Waals surface area contributed by atoms with Crippen molar-refractivity contribution in [3.05, 3.63) is 0 Å². The molecule has 0 aromatic rings. The third kappa shape index (κ3) is 23.4. The maximum absolute atomic E-state index is 10.1. The molecule has 0 heterocycles. The molecule has 0 amide bonds. The van der Waals surface area contributed by atoms with Crippen molar-refractivity contribution < 1.29 is 163 Å². The van der Waals surface area contributed by atoms with Gasteiger partial charge in [-0.05, 0) is 0 Å². The minimum Gasteiger partial charge on any atom is -0.479 e. The summed E-state index contributed by atoms with van der Waals surface area (Å²) in [5, 5.41) is 207. The van der Waals surface area contributed by atoms with Crippen LogP contribution in [-0.4, -0.2) is 271 Å². The van der Waals surface area contributed by atoms with Gasteiger partial charge >= 0.3 is 23.9 Å². The van der Waals surface area contributed by atoms with Gasteiger partial charge in [0, 0.05) is 21.7 Å². The van der Waals surface area contributed by atoms with Gasteiger partial charge in [-0.3, -0.25) is 0 Å². The first-order valence-electron chi connectivity index (χ1n) is 13.9. The van der Waals surface area contributed by atoms with Crippen LogP contribution in [0.25, 0.3) is 0 Å². The predicted molar refractivity (Wildman–Crippen MR) is 155 cm³/mol. The van der Waals surface area contributed by atoms with E-state index in [2.05, 4.69) is 0 Å². The van der Waals surface area contributed by atoms with Crippen molar-refractivity contribution in [3.8, 4) is 0 Å². The van der Waals surface area contributed by atoms with E-state index in [4.69, 9.17) is 123 Å². The number of hydrogen-bond donors (Lipinski definition) is 24. The Balaban J connectivity index is -0.000000192. The van der Waals surface area contributed by atoms with Crippen LogP contribution >= 0.6 is 0 Å². The zero-order chi connectivity index (χ0) is 42.4. The average molecular weight is 832 g/mol. The van der Waals surface area contributed by atoms with Crippen LogP contribution in [0, 0.1) is 0 Å². The summed E-state index contributed by atoms with van der Waals surface area (Å²) in [6.45, 7) is -3.37. The molecule has 0 rings (SSSR count). The SMILES string of the molecule is O=C(O)[C@H](O)[C@@H](O)[C@H](O)[C@H](O)CO.O=C(O)[C@H](O)[C@@H](O)[C@H](O)[C@H](O)CO.O=C(O)[C@H](O)[C@@H](O)[C@H](O)[C@H](O)CO.O=C(O)[C@H](O)[C@@H](O)[C@H](O)[C@H](O)CO.[Ti]. The zero-order valence-electron chi connectivity index (χ0n) is 26.9. The molecule has 53 heavy (non-hydrogen) atoms. The minimum absolute atomic E-state index is 0. The molecule has 0 radical (unpaired) electrons. The maximum atomic E-state index is 10.1. The summed E-state index contributed by atoms with van der Waals surface area (Å²) in [6.07, 6.45) is -31.3. The molecule has 24 N–H and O–H groups in total. The Hall–Kier alpha value is -2.21. The van der Waals surface area contributed by atoms with E-state index < -0.39 is 148 Å². The van der Waals surface area contributed by atoms with E-state index in [0.29, 0.717) is 0 Å². The molecule has 0 saturated carbocycles.